The first-order valence-corrected chi connectivity index (χ1v) is 6.12. The molecule has 1 fully saturated rings. The van der Waals surface area contributed by atoms with Crippen LogP contribution in [-0.4, -0.2) is 23.6 Å². The van der Waals surface area contributed by atoms with E-state index in [4.69, 9.17) is 4.42 Å². The molecule has 1 aliphatic heterocycles. The van der Waals surface area contributed by atoms with Gasteiger partial charge in [0.1, 0.15) is 5.76 Å². The molecule has 0 aromatic carbocycles. The second-order valence-corrected chi connectivity index (χ2v) is 4.68. The van der Waals surface area contributed by atoms with E-state index < -0.39 is 0 Å². The van der Waals surface area contributed by atoms with Crippen molar-refractivity contribution in [1.82, 2.24) is 15.6 Å². The number of nitrogens with one attached hydrogen (secondary N) is 2. The molecule has 0 saturated carbocycles. The Labute approximate surface area is 96.8 Å². The quantitative estimate of drug-likeness (QED) is 0.796. The van der Waals surface area contributed by atoms with Gasteiger partial charge in [-0.15, -0.1) is 0 Å². The molecule has 1 aliphatic rings. The van der Waals surface area contributed by atoms with E-state index in [0.29, 0.717) is 12.1 Å². The van der Waals surface area contributed by atoms with Crippen molar-refractivity contribution in [3.63, 3.8) is 0 Å². The molecule has 2 heterocycles. The third-order valence-corrected chi connectivity index (χ3v) is 3.07. The van der Waals surface area contributed by atoms with Gasteiger partial charge in [0.2, 0.25) is 5.89 Å². The fourth-order valence-electron chi connectivity index (χ4n) is 2.21. The van der Waals surface area contributed by atoms with E-state index in [1.54, 1.807) is 6.20 Å². The number of aromatic nitrogens is 1. The Morgan fingerprint density at radius 3 is 3.19 bits per heavy atom. The summed E-state index contributed by atoms with van der Waals surface area (Å²) in [6, 6.07) is 1.19. The maximum absolute atomic E-state index is 5.41. The van der Waals surface area contributed by atoms with Crippen LogP contribution in [-0.2, 0) is 6.54 Å². The third-order valence-electron chi connectivity index (χ3n) is 3.07. The van der Waals surface area contributed by atoms with Gasteiger partial charge in [0.05, 0.1) is 12.7 Å². The van der Waals surface area contributed by atoms with Gasteiger partial charge in [-0.1, -0.05) is 0 Å². The van der Waals surface area contributed by atoms with E-state index >= 15 is 0 Å². The first-order chi connectivity index (χ1) is 7.74. The van der Waals surface area contributed by atoms with Gasteiger partial charge in [0.15, 0.2) is 0 Å². The van der Waals surface area contributed by atoms with Crippen LogP contribution in [0.3, 0.4) is 0 Å². The first-order valence-electron chi connectivity index (χ1n) is 6.12. The lowest BCUT2D eigenvalue weighted by atomic mass is 10.1. The molecule has 2 rings (SSSR count). The summed E-state index contributed by atoms with van der Waals surface area (Å²) < 4.78 is 5.41. The lowest BCUT2D eigenvalue weighted by Crippen LogP contribution is -2.33. The minimum atomic E-state index is 0.503. The molecular weight excluding hydrogens is 202 g/mol. The fraction of sp³-hybridized carbons (Fsp3) is 0.750. The molecule has 1 aromatic rings. The van der Waals surface area contributed by atoms with Crippen molar-refractivity contribution in [1.29, 1.82) is 0 Å². The van der Waals surface area contributed by atoms with Gasteiger partial charge in [0, 0.05) is 12.1 Å². The van der Waals surface area contributed by atoms with Crippen LogP contribution in [0.2, 0.25) is 0 Å². The third kappa shape index (κ3) is 3.32. The normalized spacial score (nSPS) is 22.5. The fourth-order valence-corrected chi connectivity index (χ4v) is 2.21. The van der Waals surface area contributed by atoms with Crippen molar-refractivity contribution in [3.8, 4) is 0 Å². The van der Waals surface area contributed by atoms with Crippen LogP contribution < -0.4 is 10.6 Å². The maximum Gasteiger partial charge on any atom is 0.208 e. The zero-order valence-corrected chi connectivity index (χ0v) is 10.1. The lowest BCUT2D eigenvalue weighted by Gasteiger charge is -2.17. The van der Waals surface area contributed by atoms with Crippen molar-refractivity contribution in [2.45, 2.75) is 51.7 Å². The number of nitrogens with zero attached hydrogens (tertiary/aromatic N) is 1. The average Bonchev–Trinajstić information content (AvgIpc) is 2.87. The Kier molecular flexibility index (Phi) is 3.96. The SMILES string of the molecule is Cc1cnc(CNC(C)CC2CCCN2)o1. The van der Waals surface area contributed by atoms with Crippen molar-refractivity contribution >= 4 is 0 Å². The summed E-state index contributed by atoms with van der Waals surface area (Å²) in [7, 11) is 0. The highest BCUT2D eigenvalue weighted by Crippen LogP contribution is 2.11. The van der Waals surface area contributed by atoms with Crippen LogP contribution in [0.15, 0.2) is 10.6 Å². The first kappa shape index (κ1) is 11.6. The number of hydrogen-bond donors (Lipinski definition) is 2. The molecular formula is C12H21N3O. The monoisotopic (exact) mass is 223 g/mol. The molecule has 0 radical (unpaired) electrons. The molecule has 90 valence electrons. The van der Waals surface area contributed by atoms with Gasteiger partial charge in [0.25, 0.3) is 0 Å². The summed E-state index contributed by atoms with van der Waals surface area (Å²) in [4.78, 5) is 4.17. The van der Waals surface area contributed by atoms with E-state index in [2.05, 4.69) is 22.5 Å². The minimum absolute atomic E-state index is 0.503. The number of aryl methyl sites for hydroxylation is 1. The molecule has 16 heavy (non-hydrogen) atoms. The lowest BCUT2D eigenvalue weighted by molar-refractivity contribution is 0.397. The van der Waals surface area contributed by atoms with E-state index in [-0.39, 0.29) is 0 Å². The zero-order valence-electron chi connectivity index (χ0n) is 10.1. The van der Waals surface area contributed by atoms with Gasteiger partial charge in [-0.25, -0.2) is 4.98 Å². The predicted octanol–water partition coefficient (Wildman–Crippen LogP) is 1.60. The molecule has 4 nitrogen and oxygen atoms in total. The summed E-state index contributed by atoms with van der Waals surface area (Å²) in [5.41, 5.74) is 0. The van der Waals surface area contributed by atoms with Crippen LogP contribution in [0.5, 0.6) is 0 Å². The standard InChI is InChI=1S/C12H21N3O/c1-9(6-11-4-3-5-13-11)14-8-12-15-7-10(2)16-12/h7,9,11,13-14H,3-6,8H2,1-2H3. The highest BCUT2D eigenvalue weighted by atomic mass is 16.4. The molecule has 2 atom stereocenters. The predicted molar refractivity (Wildman–Crippen MR) is 63.2 cm³/mol. The molecule has 1 saturated heterocycles. The van der Waals surface area contributed by atoms with Crippen LogP contribution >= 0.6 is 0 Å². The van der Waals surface area contributed by atoms with Gasteiger partial charge < -0.3 is 15.1 Å². The number of oxazole rings is 1. The topological polar surface area (TPSA) is 50.1 Å². The van der Waals surface area contributed by atoms with Gasteiger partial charge in [-0.2, -0.15) is 0 Å². The van der Waals surface area contributed by atoms with E-state index in [1.165, 1.54) is 25.8 Å². The summed E-state index contributed by atoms with van der Waals surface area (Å²) in [6.07, 6.45) is 5.57. The van der Waals surface area contributed by atoms with Crippen LogP contribution in [0.1, 0.15) is 37.8 Å². The summed E-state index contributed by atoms with van der Waals surface area (Å²) in [5.74, 6) is 1.66. The van der Waals surface area contributed by atoms with Crippen molar-refractivity contribution in [2.75, 3.05) is 6.54 Å². The van der Waals surface area contributed by atoms with E-state index in [9.17, 15) is 0 Å². The van der Waals surface area contributed by atoms with Gasteiger partial charge in [-0.05, 0) is 39.7 Å². The number of rotatable bonds is 5. The Balaban J connectivity index is 1.68. The molecule has 1 aromatic heterocycles. The molecule has 0 bridgehead atoms. The Morgan fingerprint density at radius 2 is 2.56 bits per heavy atom. The second-order valence-electron chi connectivity index (χ2n) is 4.68. The van der Waals surface area contributed by atoms with Crippen LogP contribution in [0.25, 0.3) is 0 Å². The molecule has 0 amide bonds. The second kappa shape index (κ2) is 5.46. The van der Waals surface area contributed by atoms with Crippen molar-refractivity contribution in [2.24, 2.45) is 0 Å². The Hall–Kier alpha value is -0.870. The van der Waals surface area contributed by atoms with Gasteiger partial charge >= 0.3 is 0 Å². The van der Waals surface area contributed by atoms with Gasteiger partial charge in [-0.3, -0.25) is 0 Å². The Morgan fingerprint density at radius 1 is 1.69 bits per heavy atom. The van der Waals surface area contributed by atoms with E-state index in [0.717, 1.165) is 18.2 Å². The molecule has 0 aliphatic carbocycles. The molecule has 0 spiro atoms. The maximum atomic E-state index is 5.41. The molecule has 2 unspecified atom stereocenters. The highest BCUT2D eigenvalue weighted by molar-refractivity contribution is 4.90. The number of hydrogen-bond acceptors (Lipinski definition) is 4. The summed E-state index contributed by atoms with van der Waals surface area (Å²) in [5, 5.41) is 6.95. The molecule has 4 heteroatoms. The minimum Gasteiger partial charge on any atom is -0.445 e. The Bertz CT molecular complexity index is 318. The average molecular weight is 223 g/mol. The summed E-state index contributed by atoms with van der Waals surface area (Å²) in [6.45, 7) is 6.04. The van der Waals surface area contributed by atoms with Crippen LogP contribution in [0, 0.1) is 6.92 Å². The highest BCUT2D eigenvalue weighted by Gasteiger charge is 2.16. The molecule has 2 N–H and O–H groups in total. The zero-order chi connectivity index (χ0) is 11.4. The summed E-state index contributed by atoms with van der Waals surface area (Å²) >= 11 is 0. The smallest absolute Gasteiger partial charge is 0.208 e. The van der Waals surface area contributed by atoms with Crippen molar-refractivity contribution in [3.05, 3.63) is 17.8 Å². The van der Waals surface area contributed by atoms with Crippen LogP contribution in [0.4, 0.5) is 0 Å². The van der Waals surface area contributed by atoms with Crippen molar-refractivity contribution < 1.29 is 4.42 Å². The largest absolute Gasteiger partial charge is 0.445 e. The van der Waals surface area contributed by atoms with E-state index in [1.807, 2.05) is 6.92 Å².